The number of anilines is 1. The van der Waals surface area contributed by atoms with Crippen molar-refractivity contribution in [3.8, 4) is 5.75 Å². The van der Waals surface area contributed by atoms with Gasteiger partial charge in [-0.2, -0.15) is 5.10 Å². The van der Waals surface area contributed by atoms with Crippen molar-refractivity contribution < 1.29 is 9.53 Å². The van der Waals surface area contributed by atoms with Crippen LogP contribution in [0.2, 0.25) is 0 Å². The third-order valence-electron chi connectivity index (χ3n) is 2.84. The number of ether oxygens (including phenoxy) is 1. The second kappa shape index (κ2) is 6.09. The number of halogens is 1. The van der Waals surface area contributed by atoms with E-state index in [0.29, 0.717) is 11.4 Å². The van der Waals surface area contributed by atoms with Crippen LogP contribution in [-0.2, 0) is 11.3 Å². The molecule has 1 N–H and O–H groups in total. The van der Waals surface area contributed by atoms with Crippen LogP contribution in [0.5, 0.6) is 5.75 Å². The molecule has 6 heteroatoms. The molecule has 0 saturated carbocycles. The molecular weight excluding hydrogens is 322 g/mol. The smallest absolute Gasteiger partial charge is 0.246 e. The van der Waals surface area contributed by atoms with Crippen LogP contribution in [-0.4, -0.2) is 22.8 Å². The van der Waals surface area contributed by atoms with E-state index in [1.807, 2.05) is 32.0 Å². The molecule has 106 valence electrons. The largest absolute Gasteiger partial charge is 0.497 e. The van der Waals surface area contributed by atoms with Gasteiger partial charge < -0.3 is 10.1 Å². The van der Waals surface area contributed by atoms with Crippen LogP contribution in [0.4, 0.5) is 5.69 Å². The highest BCUT2D eigenvalue weighted by molar-refractivity contribution is 9.10. The molecule has 0 fully saturated rings. The highest BCUT2D eigenvalue weighted by Gasteiger charge is 2.10. The Bertz CT molecular complexity index is 637. The van der Waals surface area contributed by atoms with Gasteiger partial charge in [0.2, 0.25) is 5.91 Å². The number of methoxy groups -OCH3 is 1. The van der Waals surface area contributed by atoms with Gasteiger partial charge in [-0.3, -0.25) is 9.48 Å². The minimum Gasteiger partial charge on any atom is -0.497 e. The van der Waals surface area contributed by atoms with E-state index in [1.165, 1.54) is 0 Å². The number of rotatable bonds is 4. The van der Waals surface area contributed by atoms with Gasteiger partial charge in [0.1, 0.15) is 12.3 Å². The maximum absolute atomic E-state index is 12.1. The Morgan fingerprint density at radius 1 is 1.40 bits per heavy atom. The number of nitrogens with one attached hydrogen (secondary N) is 1. The Hall–Kier alpha value is -1.82. The molecule has 1 amide bonds. The van der Waals surface area contributed by atoms with E-state index < -0.39 is 0 Å². The van der Waals surface area contributed by atoms with Gasteiger partial charge in [0.25, 0.3) is 0 Å². The first-order chi connectivity index (χ1) is 9.49. The number of amides is 1. The lowest BCUT2D eigenvalue weighted by molar-refractivity contribution is -0.116. The van der Waals surface area contributed by atoms with E-state index in [0.717, 1.165) is 15.9 Å². The molecule has 0 unspecified atom stereocenters. The number of hydrogen-bond donors (Lipinski definition) is 1. The second-order valence-electron chi connectivity index (χ2n) is 4.48. The molecule has 2 rings (SSSR count). The van der Waals surface area contributed by atoms with Crippen LogP contribution in [0.1, 0.15) is 11.4 Å². The highest BCUT2D eigenvalue weighted by atomic mass is 79.9. The third kappa shape index (κ3) is 3.39. The van der Waals surface area contributed by atoms with E-state index in [2.05, 4.69) is 26.3 Å². The first-order valence-corrected chi connectivity index (χ1v) is 6.93. The highest BCUT2D eigenvalue weighted by Crippen LogP contribution is 2.27. The van der Waals surface area contributed by atoms with Gasteiger partial charge in [-0.15, -0.1) is 0 Å². The average Bonchev–Trinajstić information content (AvgIpc) is 2.70. The van der Waals surface area contributed by atoms with Gasteiger partial charge in [0.05, 0.1) is 18.5 Å². The topological polar surface area (TPSA) is 56.1 Å². The molecule has 0 aliphatic carbocycles. The predicted octanol–water partition coefficient (Wildman–Crippen LogP) is 2.91. The fourth-order valence-corrected chi connectivity index (χ4v) is 2.23. The first kappa shape index (κ1) is 14.6. The molecule has 0 aliphatic rings. The molecule has 0 radical (unpaired) electrons. The lowest BCUT2D eigenvalue weighted by Crippen LogP contribution is -2.20. The number of aryl methyl sites for hydroxylation is 2. The summed E-state index contributed by atoms with van der Waals surface area (Å²) in [6, 6.07) is 7.36. The molecule has 2 aromatic rings. The molecule has 0 bridgehead atoms. The van der Waals surface area contributed by atoms with Gasteiger partial charge >= 0.3 is 0 Å². The van der Waals surface area contributed by atoms with Crippen LogP contribution in [0.25, 0.3) is 0 Å². The summed E-state index contributed by atoms with van der Waals surface area (Å²) in [7, 11) is 1.59. The fraction of sp³-hybridized carbons (Fsp3) is 0.286. The van der Waals surface area contributed by atoms with Crippen LogP contribution in [0.15, 0.2) is 28.7 Å². The van der Waals surface area contributed by atoms with Gasteiger partial charge in [-0.05, 0) is 48.0 Å². The van der Waals surface area contributed by atoms with Gasteiger partial charge in [0.15, 0.2) is 0 Å². The summed E-state index contributed by atoms with van der Waals surface area (Å²) in [6.07, 6.45) is 0. The Morgan fingerprint density at radius 3 is 2.75 bits per heavy atom. The van der Waals surface area contributed by atoms with Crippen molar-refractivity contribution in [2.45, 2.75) is 20.4 Å². The summed E-state index contributed by atoms with van der Waals surface area (Å²) < 4.78 is 7.63. The molecule has 0 saturated heterocycles. The number of aromatic nitrogens is 2. The number of carbonyl (C=O) groups is 1. The van der Waals surface area contributed by atoms with Crippen LogP contribution in [0.3, 0.4) is 0 Å². The van der Waals surface area contributed by atoms with Crippen LogP contribution in [0, 0.1) is 13.8 Å². The van der Waals surface area contributed by atoms with E-state index >= 15 is 0 Å². The Kier molecular flexibility index (Phi) is 4.44. The zero-order valence-electron chi connectivity index (χ0n) is 11.6. The molecule has 1 heterocycles. The minimum absolute atomic E-state index is 0.134. The minimum atomic E-state index is -0.134. The molecular formula is C14H16BrN3O2. The summed E-state index contributed by atoms with van der Waals surface area (Å²) in [5.41, 5.74) is 2.54. The fourth-order valence-electron chi connectivity index (χ4n) is 1.89. The van der Waals surface area contributed by atoms with E-state index in [9.17, 15) is 4.79 Å². The maximum Gasteiger partial charge on any atom is 0.246 e. The molecule has 0 spiro atoms. The third-order valence-corrected chi connectivity index (χ3v) is 3.54. The van der Waals surface area contributed by atoms with Crippen molar-refractivity contribution in [3.63, 3.8) is 0 Å². The van der Waals surface area contributed by atoms with Gasteiger partial charge in [0, 0.05) is 16.2 Å². The number of carbonyl (C=O) groups excluding carboxylic acids is 1. The number of nitrogens with zero attached hydrogens (tertiary/aromatic N) is 2. The summed E-state index contributed by atoms with van der Waals surface area (Å²) in [5.74, 6) is 0.555. The van der Waals surface area contributed by atoms with E-state index in [-0.39, 0.29) is 12.5 Å². The van der Waals surface area contributed by atoms with Crippen LogP contribution >= 0.6 is 15.9 Å². The Labute approximate surface area is 126 Å². The van der Waals surface area contributed by atoms with Crippen LogP contribution < -0.4 is 10.1 Å². The SMILES string of the molecule is COc1ccc(Br)c(NC(=O)Cn2nc(C)cc2C)c1. The first-order valence-electron chi connectivity index (χ1n) is 6.14. The van der Waals surface area contributed by atoms with Crippen molar-refractivity contribution in [3.05, 3.63) is 40.1 Å². The normalized spacial score (nSPS) is 10.4. The summed E-state index contributed by atoms with van der Waals surface area (Å²) in [6.45, 7) is 4.01. The summed E-state index contributed by atoms with van der Waals surface area (Å²) >= 11 is 3.40. The Morgan fingerprint density at radius 2 is 2.15 bits per heavy atom. The molecule has 5 nitrogen and oxygen atoms in total. The van der Waals surface area contributed by atoms with Gasteiger partial charge in [-0.25, -0.2) is 0 Å². The standard InChI is InChI=1S/C14H16BrN3O2/c1-9-6-10(2)18(17-9)8-14(19)16-13-7-11(20-3)4-5-12(13)15/h4-7H,8H2,1-3H3,(H,16,19). The summed E-state index contributed by atoms with van der Waals surface area (Å²) in [5, 5.41) is 7.11. The monoisotopic (exact) mass is 337 g/mol. The Balaban J connectivity index is 2.10. The molecule has 0 aliphatic heterocycles. The molecule has 20 heavy (non-hydrogen) atoms. The number of benzene rings is 1. The maximum atomic E-state index is 12.1. The van der Waals surface area contributed by atoms with Crippen molar-refractivity contribution in [2.75, 3.05) is 12.4 Å². The van der Waals surface area contributed by atoms with E-state index in [4.69, 9.17) is 4.74 Å². The lowest BCUT2D eigenvalue weighted by Gasteiger charge is -2.10. The lowest BCUT2D eigenvalue weighted by atomic mass is 10.3. The predicted molar refractivity (Wildman–Crippen MR) is 81.0 cm³/mol. The molecule has 1 aromatic heterocycles. The van der Waals surface area contributed by atoms with Crippen molar-refractivity contribution >= 4 is 27.5 Å². The molecule has 0 atom stereocenters. The van der Waals surface area contributed by atoms with Crippen molar-refractivity contribution in [2.24, 2.45) is 0 Å². The second-order valence-corrected chi connectivity index (χ2v) is 5.33. The van der Waals surface area contributed by atoms with Crippen molar-refractivity contribution in [1.82, 2.24) is 9.78 Å². The number of hydrogen-bond acceptors (Lipinski definition) is 3. The van der Waals surface area contributed by atoms with Crippen molar-refractivity contribution in [1.29, 1.82) is 0 Å². The average molecular weight is 338 g/mol. The van der Waals surface area contributed by atoms with E-state index in [1.54, 1.807) is 17.9 Å². The zero-order chi connectivity index (χ0) is 14.7. The van der Waals surface area contributed by atoms with Gasteiger partial charge in [-0.1, -0.05) is 0 Å². The summed E-state index contributed by atoms with van der Waals surface area (Å²) in [4.78, 5) is 12.1. The molecule has 1 aromatic carbocycles. The zero-order valence-corrected chi connectivity index (χ0v) is 13.2. The quantitative estimate of drug-likeness (QED) is 0.933.